The van der Waals surface area contributed by atoms with Crippen LogP contribution in [0.5, 0.6) is 0 Å². The number of H-pyrrole nitrogens is 1. The summed E-state index contributed by atoms with van der Waals surface area (Å²) in [7, 11) is 0. The van der Waals surface area contributed by atoms with E-state index in [9.17, 15) is 4.79 Å². The molecule has 0 saturated carbocycles. The SMILES string of the molecule is O=C(N[C@@H]1C2CN3CCN(C2)CC1(c1ccccc1)C3)c1cc[nH]c1. The van der Waals surface area contributed by atoms with Crippen molar-refractivity contribution in [2.75, 3.05) is 39.3 Å². The number of hydrogen-bond donors (Lipinski definition) is 2. The first-order valence-electron chi connectivity index (χ1n) is 9.18. The normalized spacial score (nSPS) is 36.2. The Bertz CT molecular complexity index is 741. The highest BCUT2D eigenvalue weighted by molar-refractivity contribution is 5.94. The van der Waals surface area contributed by atoms with Gasteiger partial charge in [0.1, 0.15) is 0 Å². The van der Waals surface area contributed by atoms with Crippen molar-refractivity contribution in [2.24, 2.45) is 5.92 Å². The van der Waals surface area contributed by atoms with Crippen LogP contribution in [0.2, 0.25) is 0 Å². The lowest BCUT2D eigenvalue weighted by Gasteiger charge is -2.55. The summed E-state index contributed by atoms with van der Waals surface area (Å²) in [6.45, 7) is 6.52. The number of aromatic amines is 1. The topological polar surface area (TPSA) is 51.4 Å². The lowest BCUT2D eigenvalue weighted by atomic mass is 9.64. The third kappa shape index (κ3) is 2.41. The van der Waals surface area contributed by atoms with Crippen LogP contribution in [-0.2, 0) is 5.41 Å². The molecular formula is C20H24N4O. The second-order valence-corrected chi connectivity index (χ2v) is 7.80. The average molecular weight is 336 g/mol. The number of carbonyl (C=O) groups excluding carboxylic acids is 1. The highest BCUT2D eigenvalue weighted by atomic mass is 16.1. The Labute approximate surface area is 148 Å². The van der Waals surface area contributed by atoms with Gasteiger partial charge in [-0.2, -0.15) is 0 Å². The van der Waals surface area contributed by atoms with Gasteiger partial charge in [0, 0.05) is 69.0 Å². The molecule has 4 aliphatic heterocycles. The first kappa shape index (κ1) is 15.2. The van der Waals surface area contributed by atoms with Crippen molar-refractivity contribution in [1.29, 1.82) is 0 Å². The quantitative estimate of drug-likeness (QED) is 0.889. The van der Waals surface area contributed by atoms with Gasteiger partial charge >= 0.3 is 0 Å². The highest BCUT2D eigenvalue weighted by Crippen LogP contribution is 2.43. The molecule has 25 heavy (non-hydrogen) atoms. The number of fused-ring (bicyclic) bond motifs is 1. The van der Waals surface area contributed by atoms with Crippen molar-refractivity contribution in [2.45, 2.75) is 11.5 Å². The number of carbonyl (C=O) groups is 1. The maximum atomic E-state index is 12.8. The van der Waals surface area contributed by atoms with Gasteiger partial charge in [-0.25, -0.2) is 0 Å². The van der Waals surface area contributed by atoms with E-state index in [1.54, 1.807) is 12.4 Å². The standard InChI is InChI=1S/C20H24N4O/c25-19(15-6-7-21-10-15)22-18-16-11-23-8-9-24(12-16)14-20(18,13-23)17-4-2-1-3-5-17/h1-7,10,16,18,21H,8-9,11-14H2,(H,22,25)/t16?,18-,20?/m1/s1. The molecule has 2 aromatic rings. The minimum atomic E-state index is -0.0229. The van der Waals surface area contributed by atoms with Gasteiger partial charge in [-0.15, -0.1) is 0 Å². The zero-order valence-corrected chi connectivity index (χ0v) is 14.3. The van der Waals surface area contributed by atoms with Gasteiger partial charge in [-0.1, -0.05) is 30.3 Å². The van der Waals surface area contributed by atoms with Gasteiger partial charge in [0.25, 0.3) is 5.91 Å². The lowest BCUT2D eigenvalue weighted by molar-refractivity contribution is 0.0180. The molecule has 5 heterocycles. The number of amides is 1. The molecule has 4 bridgehead atoms. The predicted octanol–water partition coefficient (Wildman–Crippen LogP) is 1.31. The molecule has 4 aliphatic rings. The summed E-state index contributed by atoms with van der Waals surface area (Å²) in [5.41, 5.74) is 2.05. The van der Waals surface area contributed by atoms with Crippen LogP contribution in [-0.4, -0.2) is 66.0 Å². The van der Waals surface area contributed by atoms with Gasteiger partial charge in [0.15, 0.2) is 0 Å². The third-order valence-corrected chi connectivity index (χ3v) is 6.29. The van der Waals surface area contributed by atoms with Crippen molar-refractivity contribution in [3.05, 3.63) is 59.9 Å². The fourth-order valence-electron chi connectivity index (χ4n) is 5.26. The molecule has 0 radical (unpaired) electrons. The molecule has 1 aromatic heterocycles. The van der Waals surface area contributed by atoms with Crippen LogP contribution in [0.25, 0.3) is 0 Å². The largest absolute Gasteiger partial charge is 0.367 e. The summed E-state index contributed by atoms with van der Waals surface area (Å²) in [4.78, 5) is 21.0. The maximum Gasteiger partial charge on any atom is 0.253 e. The van der Waals surface area contributed by atoms with Gasteiger partial charge in [0.2, 0.25) is 0 Å². The number of nitrogens with one attached hydrogen (secondary N) is 2. The summed E-state index contributed by atoms with van der Waals surface area (Å²) >= 11 is 0. The van der Waals surface area contributed by atoms with Gasteiger partial charge in [0.05, 0.1) is 5.56 Å². The van der Waals surface area contributed by atoms with Crippen LogP contribution < -0.4 is 5.32 Å². The first-order valence-corrected chi connectivity index (χ1v) is 9.18. The van der Waals surface area contributed by atoms with E-state index in [0.717, 1.165) is 44.8 Å². The van der Waals surface area contributed by atoms with Gasteiger partial charge in [-0.3, -0.25) is 4.79 Å². The summed E-state index contributed by atoms with van der Waals surface area (Å²) < 4.78 is 0. The zero-order valence-electron chi connectivity index (χ0n) is 14.3. The molecule has 5 nitrogen and oxygen atoms in total. The van der Waals surface area contributed by atoms with E-state index in [4.69, 9.17) is 0 Å². The molecule has 4 saturated heterocycles. The minimum absolute atomic E-state index is 0.0229. The molecule has 1 aromatic carbocycles. The number of nitrogens with zero attached hydrogens (tertiary/aromatic N) is 2. The van der Waals surface area contributed by atoms with Crippen LogP contribution in [0.4, 0.5) is 0 Å². The predicted molar refractivity (Wildman–Crippen MR) is 96.5 cm³/mol. The Morgan fingerprint density at radius 2 is 1.80 bits per heavy atom. The van der Waals surface area contributed by atoms with Crippen molar-refractivity contribution in [3.63, 3.8) is 0 Å². The lowest BCUT2D eigenvalue weighted by Crippen LogP contribution is -2.70. The Morgan fingerprint density at radius 1 is 1.08 bits per heavy atom. The van der Waals surface area contributed by atoms with E-state index in [0.29, 0.717) is 5.92 Å². The number of aromatic nitrogens is 1. The zero-order chi connectivity index (χ0) is 16.9. The Kier molecular flexibility index (Phi) is 3.47. The van der Waals surface area contributed by atoms with Crippen molar-refractivity contribution in [3.8, 4) is 0 Å². The molecule has 0 aliphatic carbocycles. The Morgan fingerprint density at radius 3 is 2.44 bits per heavy atom. The number of hydrogen-bond acceptors (Lipinski definition) is 3. The molecule has 3 atom stereocenters. The van der Waals surface area contributed by atoms with E-state index >= 15 is 0 Å². The molecule has 6 rings (SSSR count). The maximum absolute atomic E-state index is 12.8. The number of rotatable bonds is 3. The van der Waals surface area contributed by atoms with E-state index in [2.05, 4.69) is 50.4 Å². The molecule has 2 unspecified atom stereocenters. The van der Waals surface area contributed by atoms with Gasteiger partial charge in [-0.05, 0) is 11.6 Å². The van der Waals surface area contributed by atoms with Crippen molar-refractivity contribution < 1.29 is 4.79 Å². The monoisotopic (exact) mass is 336 g/mol. The average Bonchev–Trinajstić information content (AvgIpc) is 3.05. The summed E-state index contributed by atoms with van der Waals surface area (Å²) in [6.07, 6.45) is 3.58. The van der Waals surface area contributed by atoms with Crippen LogP contribution in [0, 0.1) is 5.92 Å². The van der Waals surface area contributed by atoms with Crippen molar-refractivity contribution >= 4 is 5.91 Å². The smallest absolute Gasteiger partial charge is 0.253 e. The molecule has 4 fully saturated rings. The molecule has 130 valence electrons. The number of benzene rings is 1. The molecule has 1 amide bonds. The van der Waals surface area contributed by atoms with Crippen molar-refractivity contribution in [1.82, 2.24) is 20.1 Å². The highest BCUT2D eigenvalue weighted by Gasteiger charge is 2.55. The van der Waals surface area contributed by atoms with E-state index < -0.39 is 0 Å². The molecule has 2 N–H and O–H groups in total. The van der Waals surface area contributed by atoms with E-state index in [1.807, 2.05) is 6.07 Å². The molecule has 5 heteroatoms. The van der Waals surface area contributed by atoms with E-state index in [1.165, 1.54) is 5.56 Å². The van der Waals surface area contributed by atoms with Crippen LogP contribution in [0.3, 0.4) is 0 Å². The fraction of sp³-hybridized carbons (Fsp3) is 0.450. The fourth-order valence-corrected chi connectivity index (χ4v) is 5.26. The van der Waals surface area contributed by atoms with Crippen LogP contribution in [0.15, 0.2) is 48.8 Å². The summed E-state index contributed by atoms with van der Waals surface area (Å²) in [5.74, 6) is 0.519. The van der Waals surface area contributed by atoms with E-state index in [-0.39, 0.29) is 17.4 Å². The molecule has 0 spiro atoms. The molecular weight excluding hydrogens is 312 g/mol. The third-order valence-electron chi connectivity index (χ3n) is 6.29. The second-order valence-electron chi connectivity index (χ2n) is 7.80. The number of piperidine rings is 2. The second kappa shape index (κ2) is 5.71. The summed E-state index contributed by atoms with van der Waals surface area (Å²) in [5, 5.41) is 3.42. The first-order chi connectivity index (χ1) is 12.2. The Balaban J connectivity index is 1.55. The van der Waals surface area contributed by atoms with Crippen LogP contribution >= 0.6 is 0 Å². The minimum Gasteiger partial charge on any atom is -0.367 e. The van der Waals surface area contributed by atoms with Crippen LogP contribution in [0.1, 0.15) is 15.9 Å². The van der Waals surface area contributed by atoms with Gasteiger partial charge < -0.3 is 20.1 Å². The Hall–Kier alpha value is -2.11. The summed E-state index contributed by atoms with van der Waals surface area (Å²) in [6, 6.07) is 12.8.